The first-order chi connectivity index (χ1) is 14.4. The molecular weight excluding hydrogens is 424 g/mol. The van der Waals surface area contributed by atoms with E-state index in [1.807, 2.05) is 6.07 Å². The second-order valence-corrected chi connectivity index (χ2v) is 6.68. The van der Waals surface area contributed by atoms with Crippen LogP contribution in [0.3, 0.4) is 0 Å². The van der Waals surface area contributed by atoms with Gasteiger partial charge in [-0.05, 0) is 23.8 Å². The molecule has 0 aliphatic heterocycles. The zero-order chi connectivity index (χ0) is 21.4. The standard InChI is InChI=1S/C19H11ClF4N6/c20-9-2-1-3-10(4-9)28-19-11(5-25)18(29-30-19)27-7-8-6-26-17-12(8)13(21)14(22)15(23)16(17)24/h1-4,6,26H,7H2,(H3,27,28,29,30). The highest BCUT2D eigenvalue weighted by atomic mass is 35.5. The largest absolute Gasteiger partial charge is 0.363 e. The van der Waals surface area contributed by atoms with Crippen LogP contribution in [0.15, 0.2) is 30.5 Å². The molecule has 30 heavy (non-hydrogen) atoms. The molecule has 0 fully saturated rings. The minimum absolute atomic E-state index is 0.122. The van der Waals surface area contributed by atoms with Gasteiger partial charge in [0, 0.05) is 28.8 Å². The predicted molar refractivity (Wildman–Crippen MR) is 103 cm³/mol. The van der Waals surface area contributed by atoms with E-state index in [-0.39, 0.29) is 29.3 Å². The Balaban J connectivity index is 1.61. The van der Waals surface area contributed by atoms with Crippen LogP contribution in [0.5, 0.6) is 0 Å². The van der Waals surface area contributed by atoms with Crippen molar-refractivity contribution < 1.29 is 17.6 Å². The smallest absolute Gasteiger partial charge is 0.199 e. The maximum absolute atomic E-state index is 14.2. The van der Waals surface area contributed by atoms with E-state index in [4.69, 9.17) is 11.6 Å². The van der Waals surface area contributed by atoms with E-state index in [0.29, 0.717) is 10.7 Å². The molecule has 0 amide bonds. The molecule has 6 nitrogen and oxygen atoms in total. The quantitative estimate of drug-likeness (QED) is 0.194. The summed E-state index contributed by atoms with van der Waals surface area (Å²) in [5.41, 5.74) is 0.366. The lowest BCUT2D eigenvalue weighted by Gasteiger charge is -2.06. The Morgan fingerprint density at radius 3 is 2.60 bits per heavy atom. The number of anilines is 3. The van der Waals surface area contributed by atoms with Crippen LogP contribution >= 0.6 is 11.6 Å². The third-order valence-corrected chi connectivity index (χ3v) is 4.63. The summed E-state index contributed by atoms with van der Waals surface area (Å²) in [7, 11) is 0. The third-order valence-electron chi connectivity index (χ3n) is 4.40. The van der Waals surface area contributed by atoms with E-state index >= 15 is 0 Å². The average Bonchev–Trinajstić information content (AvgIpc) is 3.33. The molecule has 2 heterocycles. The number of hydrogen-bond donors (Lipinski definition) is 4. The fourth-order valence-corrected chi connectivity index (χ4v) is 3.19. The van der Waals surface area contributed by atoms with E-state index in [0.717, 1.165) is 0 Å². The Labute approximate surface area is 171 Å². The predicted octanol–water partition coefficient (Wildman–Crippen LogP) is 5.33. The molecule has 2 aromatic heterocycles. The molecular formula is C19H11ClF4N6. The summed E-state index contributed by atoms with van der Waals surface area (Å²) < 4.78 is 55.0. The van der Waals surface area contributed by atoms with E-state index in [1.165, 1.54) is 6.20 Å². The zero-order valence-corrected chi connectivity index (χ0v) is 15.6. The van der Waals surface area contributed by atoms with Crippen LogP contribution in [-0.4, -0.2) is 15.2 Å². The minimum Gasteiger partial charge on any atom is -0.363 e. The second-order valence-electron chi connectivity index (χ2n) is 6.24. The molecule has 0 unspecified atom stereocenters. The number of halogens is 5. The number of fused-ring (bicyclic) bond motifs is 1. The summed E-state index contributed by atoms with van der Waals surface area (Å²) in [5, 5.41) is 22.0. The normalized spacial score (nSPS) is 10.9. The number of H-pyrrole nitrogens is 2. The molecule has 0 radical (unpaired) electrons. The molecule has 0 saturated carbocycles. The number of nitrogens with one attached hydrogen (secondary N) is 4. The highest BCUT2D eigenvalue weighted by molar-refractivity contribution is 6.30. The first-order valence-electron chi connectivity index (χ1n) is 8.47. The number of nitriles is 1. The summed E-state index contributed by atoms with van der Waals surface area (Å²) >= 11 is 5.94. The lowest BCUT2D eigenvalue weighted by atomic mass is 10.1. The molecule has 0 aliphatic carbocycles. The van der Waals surface area contributed by atoms with Crippen molar-refractivity contribution >= 4 is 39.8 Å². The topological polar surface area (TPSA) is 92.3 Å². The zero-order valence-electron chi connectivity index (χ0n) is 14.9. The van der Waals surface area contributed by atoms with Crippen LogP contribution in [0.2, 0.25) is 5.02 Å². The van der Waals surface area contributed by atoms with Gasteiger partial charge in [0.15, 0.2) is 29.1 Å². The molecule has 4 N–H and O–H groups in total. The molecule has 4 rings (SSSR count). The number of nitrogens with zero attached hydrogens (tertiary/aromatic N) is 2. The van der Waals surface area contributed by atoms with E-state index in [9.17, 15) is 22.8 Å². The van der Waals surface area contributed by atoms with Crippen molar-refractivity contribution in [2.45, 2.75) is 6.54 Å². The molecule has 0 atom stereocenters. The Morgan fingerprint density at radius 1 is 1.10 bits per heavy atom. The maximum atomic E-state index is 14.2. The van der Waals surface area contributed by atoms with Gasteiger partial charge in [-0.25, -0.2) is 17.6 Å². The van der Waals surface area contributed by atoms with Crippen LogP contribution in [0.25, 0.3) is 10.9 Å². The fraction of sp³-hybridized carbons (Fsp3) is 0.0526. The molecule has 0 saturated heterocycles. The van der Waals surface area contributed by atoms with Crippen LogP contribution in [0.4, 0.5) is 34.9 Å². The van der Waals surface area contributed by atoms with Gasteiger partial charge in [-0.15, -0.1) is 0 Å². The summed E-state index contributed by atoms with van der Waals surface area (Å²) in [6.45, 7) is -0.141. The first-order valence-corrected chi connectivity index (χ1v) is 8.85. The average molecular weight is 435 g/mol. The molecule has 11 heteroatoms. The lowest BCUT2D eigenvalue weighted by Crippen LogP contribution is -2.03. The monoisotopic (exact) mass is 434 g/mol. The van der Waals surface area contributed by atoms with Crippen molar-refractivity contribution in [3.05, 3.63) is 69.9 Å². The van der Waals surface area contributed by atoms with Gasteiger partial charge < -0.3 is 15.6 Å². The number of benzene rings is 2. The van der Waals surface area contributed by atoms with Gasteiger partial charge in [0.25, 0.3) is 0 Å². The highest BCUT2D eigenvalue weighted by Crippen LogP contribution is 2.30. The fourth-order valence-electron chi connectivity index (χ4n) is 3.00. The maximum Gasteiger partial charge on any atom is 0.199 e. The van der Waals surface area contributed by atoms with Gasteiger partial charge in [0.1, 0.15) is 17.5 Å². The van der Waals surface area contributed by atoms with Crippen LogP contribution in [-0.2, 0) is 6.54 Å². The van der Waals surface area contributed by atoms with E-state index in [1.54, 1.807) is 24.3 Å². The molecule has 152 valence electrons. The SMILES string of the molecule is N#Cc1c(NCc2c[nH]c3c(F)c(F)c(F)c(F)c23)n[nH]c1Nc1cccc(Cl)c1. The summed E-state index contributed by atoms with van der Waals surface area (Å²) in [4.78, 5) is 2.39. The highest BCUT2D eigenvalue weighted by Gasteiger charge is 2.24. The molecule has 0 spiro atoms. The molecule has 4 aromatic rings. The van der Waals surface area contributed by atoms with Gasteiger partial charge in [-0.3, -0.25) is 5.10 Å². The first kappa shape index (κ1) is 19.6. The lowest BCUT2D eigenvalue weighted by molar-refractivity contribution is 0.417. The van der Waals surface area contributed by atoms with Gasteiger partial charge in [0.2, 0.25) is 0 Å². The Bertz CT molecular complexity index is 1310. The number of rotatable bonds is 5. The number of hydrogen-bond acceptors (Lipinski definition) is 4. The van der Waals surface area contributed by atoms with Crippen molar-refractivity contribution in [1.82, 2.24) is 15.2 Å². The van der Waals surface area contributed by atoms with Gasteiger partial charge in [0.05, 0.1) is 5.52 Å². The summed E-state index contributed by atoms with van der Waals surface area (Å²) in [6, 6.07) is 8.77. The van der Waals surface area contributed by atoms with Gasteiger partial charge in [-0.1, -0.05) is 17.7 Å². The van der Waals surface area contributed by atoms with Gasteiger partial charge >= 0.3 is 0 Å². The number of aromatic nitrogens is 3. The second kappa shape index (κ2) is 7.61. The van der Waals surface area contributed by atoms with Crippen molar-refractivity contribution in [2.24, 2.45) is 0 Å². The van der Waals surface area contributed by atoms with Crippen LogP contribution in [0, 0.1) is 34.6 Å². The van der Waals surface area contributed by atoms with Crippen molar-refractivity contribution in [3.8, 4) is 6.07 Å². The van der Waals surface area contributed by atoms with E-state index < -0.39 is 34.2 Å². The van der Waals surface area contributed by atoms with Crippen LogP contribution in [0.1, 0.15) is 11.1 Å². The molecule has 2 aromatic carbocycles. The third kappa shape index (κ3) is 3.29. The molecule has 0 bridgehead atoms. The Kier molecular flexibility index (Phi) is 4.97. The molecule has 0 aliphatic rings. The van der Waals surface area contributed by atoms with Crippen LogP contribution < -0.4 is 10.6 Å². The van der Waals surface area contributed by atoms with Crippen molar-refractivity contribution in [3.63, 3.8) is 0 Å². The van der Waals surface area contributed by atoms with E-state index in [2.05, 4.69) is 25.8 Å². The van der Waals surface area contributed by atoms with Crippen molar-refractivity contribution in [1.29, 1.82) is 5.26 Å². The summed E-state index contributed by atoms with van der Waals surface area (Å²) in [6.07, 6.45) is 1.21. The number of aromatic amines is 2. The Hall–Kier alpha value is -3.71. The van der Waals surface area contributed by atoms with Gasteiger partial charge in [-0.2, -0.15) is 10.4 Å². The summed E-state index contributed by atoms with van der Waals surface area (Å²) in [5.74, 6) is -6.40. The Morgan fingerprint density at radius 2 is 1.87 bits per heavy atom. The minimum atomic E-state index is -1.90. The van der Waals surface area contributed by atoms with Crippen molar-refractivity contribution in [2.75, 3.05) is 10.6 Å².